The van der Waals surface area contributed by atoms with E-state index in [2.05, 4.69) is 0 Å². The summed E-state index contributed by atoms with van der Waals surface area (Å²) in [5.74, 6) is 0.140. The van der Waals surface area contributed by atoms with E-state index in [1.165, 1.54) is 5.56 Å². The highest BCUT2D eigenvalue weighted by atomic mass is 16.5. The van der Waals surface area contributed by atoms with Crippen LogP contribution in [0.5, 0.6) is 0 Å². The zero-order valence-electron chi connectivity index (χ0n) is 10.5. The van der Waals surface area contributed by atoms with Crippen molar-refractivity contribution in [2.45, 2.75) is 18.9 Å². The summed E-state index contributed by atoms with van der Waals surface area (Å²) in [5, 5.41) is 0. The van der Waals surface area contributed by atoms with E-state index in [0.29, 0.717) is 32.7 Å². The number of nitrogens with zero attached hydrogens (tertiary/aromatic N) is 1. The molecule has 2 rings (SSSR count). The lowest BCUT2D eigenvalue weighted by atomic mass is 10.0. The number of rotatable bonds is 4. The average molecular weight is 248 g/mol. The molecule has 0 spiro atoms. The smallest absolute Gasteiger partial charge is 0.224 e. The largest absolute Gasteiger partial charge is 0.378 e. The molecule has 1 heterocycles. The van der Waals surface area contributed by atoms with Crippen LogP contribution in [0.4, 0.5) is 0 Å². The second-order valence-corrected chi connectivity index (χ2v) is 4.65. The van der Waals surface area contributed by atoms with E-state index >= 15 is 0 Å². The standard InChI is InChI=1S/C14H20N2O2/c15-13(10-12-4-2-1-3-5-12)11-14(17)16-6-8-18-9-7-16/h1-5,13H,6-11,15H2/t13-/m1/s1. The van der Waals surface area contributed by atoms with Crippen LogP contribution in [-0.4, -0.2) is 43.2 Å². The predicted molar refractivity (Wildman–Crippen MR) is 70.1 cm³/mol. The summed E-state index contributed by atoms with van der Waals surface area (Å²) >= 11 is 0. The maximum absolute atomic E-state index is 12.0. The van der Waals surface area contributed by atoms with Gasteiger partial charge in [0, 0.05) is 25.6 Å². The van der Waals surface area contributed by atoms with Crippen molar-refractivity contribution in [3.05, 3.63) is 35.9 Å². The Morgan fingerprint density at radius 1 is 1.28 bits per heavy atom. The minimum Gasteiger partial charge on any atom is -0.378 e. The first kappa shape index (κ1) is 13.1. The first-order valence-electron chi connectivity index (χ1n) is 6.41. The van der Waals surface area contributed by atoms with Gasteiger partial charge in [-0.3, -0.25) is 4.79 Å². The van der Waals surface area contributed by atoms with Crippen molar-refractivity contribution in [3.63, 3.8) is 0 Å². The molecular weight excluding hydrogens is 228 g/mol. The Morgan fingerprint density at radius 3 is 2.61 bits per heavy atom. The Morgan fingerprint density at radius 2 is 1.94 bits per heavy atom. The zero-order chi connectivity index (χ0) is 12.8. The third kappa shape index (κ3) is 3.82. The summed E-state index contributed by atoms with van der Waals surface area (Å²) in [5.41, 5.74) is 7.21. The van der Waals surface area contributed by atoms with E-state index in [1.54, 1.807) is 0 Å². The van der Waals surface area contributed by atoms with Gasteiger partial charge in [0.25, 0.3) is 0 Å². The van der Waals surface area contributed by atoms with Gasteiger partial charge in [0.05, 0.1) is 13.2 Å². The van der Waals surface area contributed by atoms with Gasteiger partial charge in [-0.1, -0.05) is 30.3 Å². The summed E-state index contributed by atoms with van der Waals surface area (Å²) < 4.78 is 5.23. The van der Waals surface area contributed by atoms with Crippen molar-refractivity contribution in [2.75, 3.05) is 26.3 Å². The molecule has 2 N–H and O–H groups in total. The quantitative estimate of drug-likeness (QED) is 0.857. The summed E-state index contributed by atoms with van der Waals surface area (Å²) in [7, 11) is 0. The lowest BCUT2D eigenvalue weighted by molar-refractivity contribution is -0.135. The van der Waals surface area contributed by atoms with Crippen LogP contribution in [0.3, 0.4) is 0 Å². The summed E-state index contributed by atoms with van der Waals surface area (Å²) in [6.07, 6.45) is 1.16. The summed E-state index contributed by atoms with van der Waals surface area (Å²) in [4.78, 5) is 13.8. The van der Waals surface area contributed by atoms with Crippen molar-refractivity contribution >= 4 is 5.91 Å². The SMILES string of the molecule is N[C@@H](CC(=O)N1CCOCC1)Cc1ccccc1. The molecule has 18 heavy (non-hydrogen) atoms. The fourth-order valence-electron chi connectivity index (χ4n) is 2.16. The van der Waals surface area contributed by atoms with E-state index in [4.69, 9.17) is 10.5 Å². The number of hydrogen-bond acceptors (Lipinski definition) is 3. The molecule has 0 aromatic heterocycles. The molecule has 1 saturated heterocycles. The molecule has 0 aliphatic carbocycles. The van der Waals surface area contributed by atoms with Crippen LogP contribution >= 0.6 is 0 Å². The van der Waals surface area contributed by atoms with Gasteiger partial charge in [-0.2, -0.15) is 0 Å². The Hall–Kier alpha value is -1.39. The molecule has 1 aromatic carbocycles. The van der Waals surface area contributed by atoms with Crippen molar-refractivity contribution in [1.29, 1.82) is 0 Å². The maximum Gasteiger partial charge on any atom is 0.224 e. The van der Waals surface area contributed by atoms with Gasteiger partial charge < -0.3 is 15.4 Å². The van der Waals surface area contributed by atoms with Gasteiger partial charge in [-0.05, 0) is 12.0 Å². The average Bonchev–Trinajstić information content (AvgIpc) is 2.40. The van der Waals surface area contributed by atoms with E-state index in [1.807, 2.05) is 35.2 Å². The van der Waals surface area contributed by atoms with Gasteiger partial charge in [-0.15, -0.1) is 0 Å². The second kappa shape index (κ2) is 6.52. The molecule has 0 saturated carbocycles. The topological polar surface area (TPSA) is 55.6 Å². The predicted octanol–water partition coefficient (Wildman–Crippen LogP) is 0.805. The van der Waals surface area contributed by atoms with E-state index in [9.17, 15) is 4.79 Å². The highest BCUT2D eigenvalue weighted by Gasteiger charge is 2.19. The summed E-state index contributed by atoms with van der Waals surface area (Å²) in [6.45, 7) is 2.66. The van der Waals surface area contributed by atoms with Gasteiger partial charge in [0.2, 0.25) is 5.91 Å². The minimum absolute atomic E-state index is 0.109. The fraction of sp³-hybridized carbons (Fsp3) is 0.500. The lowest BCUT2D eigenvalue weighted by Gasteiger charge is -2.27. The molecule has 0 unspecified atom stereocenters. The van der Waals surface area contributed by atoms with Gasteiger partial charge >= 0.3 is 0 Å². The molecule has 0 radical (unpaired) electrons. The van der Waals surface area contributed by atoms with Crippen molar-refractivity contribution in [3.8, 4) is 0 Å². The molecule has 1 fully saturated rings. The van der Waals surface area contributed by atoms with Gasteiger partial charge in [0.1, 0.15) is 0 Å². The minimum atomic E-state index is -0.109. The van der Waals surface area contributed by atoms with Crippen LogP contribution in [0.15, 0.2) is 30.3 Å². The first-order chi connectivity index (χ1) is 8.75. The highest BCUT2D eigenvalue weighted by Crippen LogP contribution is 2.07. The van der Waals surface area contributed by atoms with Crippen molar-refractivity contribution in [2.24, 2.45) is 5.73 Å². The van der Waals surface area contributed by atoms with Gasteiger partial charge in [0.15, 0.2) is 0 Å². The van der Waals surface area contributed by atoms with E-state index in [-0.39, 0.29) is 11.9 Å². The zero-order valence-corrected chi connectivity index (χ0v) is 10.5. The summed E-state index contributed by atoms with van der Waals surface area (Å²) in [6, 6.07) is 9.94. The second-order valence-electron chi connectivity index (χ2n) is 4.65. The Labute approximate surface area is 108 Å². The van der Waals surface area contributed by atoms with Gasteiger partial charge in [-0.25, -0.2) is 0 Å². The van der Waals surface area contributed by atoms with Crippen LogP contribution in [0, 0.1) is 0 Å². The highest BCUT2D eigenvalue weighted by molar-refractivity contribution is 5.76. The number of amides is 1. The van der Waals surface area contributed by atoms with Crippen LogP contribution in [0.1, 0.15) is 12.0 Å². The number of benzene rings is 1. The monoisotopic (exact) mass is 248 g/mol. The molecule has 4 heteroatoms. The molecule has 1 aliphatic heterocycles. The van der Waals surface area contributed by atoms with E-state index < -0.39 is 0 Å². The molecule has 4 nitrogen and oxygen atoms in total. The lowest BCUT2D eigenvalue weighted by Crippen LogP contribution is -2.43. The molecule has 98 valence electrons. The molecule has 1 aromatic rings. The Bertz CT molecular complexity index is 375. The first-order valence-corrected chi connectivity index (χ1v) is 6.41. The Kier molecular flexibility index (Phi) is 4.73. The molecular formula is C14H20N2O2. The molecule has 1 aliphatic rings. The molecule has 1 atom stereocenters. The third-order valence-corrected chi connectivity index (χ3v) is 3.14. The number of nitrogens with two attached hydrogens (primary N) is 1. The molecule has 0 bridgehead atoms. The van der Waals surface area contributed by atoms with Crippen LogP contribution in [-0.2, 0) is 16.0 Å². The van der Waals surface area contributed by atoms with Crippen molar-refractivity contribution in [1.82, 2.24) is 4.90 Å². The fourth-order valence-corrected chi connectivity index (χ4v) is 2.16. The van der Waals surface area contributed by atoms with Crippen LogP contribution in [0.25, 0.3) is 0 Å². The van der Waals surface area contributed by atoms with Crippen LogP contribution < -0.4 is 5.73 Å². The third-order valence-electron chi connectivity index (χ3n) is 3.14. The van der Waals surface area contributed by atoms with Crippen LogP contribution in [0.2, 0.25) is 0 Å². The normalized spacial score (nSPS) is 17.5. The number of ether oxygens (including phenoxy) is 1. The molecule has 1 amide bonds. The number of carbonyl (C=O) groups excluding carboxylic acids is 1. The maximum atomic E-state index is 12.0. The van der Waals surface area contributed by atoms with E-state index in [0.717, 1.165) is 6.42 Å². The van der Waals surface area contributed by atoms with Crippen molar-refractivity contribution < 1.29 is 9.53 Å². The number of hydrogen-bond donors (Lipinski definition) is 1. The number of morpholine rings is 1. The Balaban J connectivity index is 1.79. The number of carbonyl (C=O) groups is 1.